The molecule has 3 rings (SSSR count). The zero-order valence-electron chi connectivity index (χ0n) is 16.7. The number of methoxy groups -OCH3 is 2. The van der Waals surface area contributed by atoms with Crippen LogP contribution in [0.3, 0.4) is 0 Å². The zero-order valence-corrected chi connectivity index (χ0v) is 17.5. The predicted octanol–water partition coefficient (Wildman–Crippen LogP) is 2.55. The number of fused-ring (bicyclic) bond motifs is 1. The van der Waals surface area contributed by atoms with Crippen LogP contribution in [0.5, 0.6) is 11.5 Å². The Hall–Kier alpha value is -3.33. The highest BCUT2D eigenvalue weighted by Gasteiger charge is 2.26. The van der Waals surface area contributed by atoms with Crippen molar-refractivity contribution >= 4 is 40.2 Å². The molecule has 2 amide bonds. The van der Waals surface area contributed by atoms with Gasteiger partial charge in [-0.05, 0) is 48.6 Å². The van der Waals surface area contributed by atoms with E-state index in [2.05, 4.69) is 5.32 Å². The molecule has 0 unspecified atom stereocenters. The number of carbonyl (C=O) groups is 3. The molecule has 2 aromatic rings. The molecule has 1 heterocycles. The Morgan fingerprint density at radius 3 is 2.63 bits per heavy atom. The molecular weight excluding hydrogens is 408 g/mol. The lowest BCUT2D eigenvalue weighted by atomic mass is 10.1. The maximum Gasteiger partial charge on any atom is 0.331 e. The fourth-order valence-corrected chi connectivity index (χ4v) is 4.53. The zero-order chi connectivity index (χ0) is 21.7. The maximum absolute atomic E-state index is 12.2. The van der Waals surface area contributed by atoms with Gasteiger partial charge in [-0.15, -0.1) is 11.3 Å². The third kappa shape index (κ3) is 4.80. The Kier molecular flexibility index (Phi) is 6.73. The number of nitrogens with two attached hydrogens (primary N) is 1. The number of esters is 1. The second kappa shape index (κ2) is 9.45. The molecule has 1 aliphatic carbocycles. The summed E-state index contributed by atoms with van der Waals surface area (Å²) >= 11 is 1.34. The number of ether oxygens (including phenoxy) is 3. The van der Waals surface area contributed by atoms with Crippen LogP contribution in [0, 0.1) is 0 Å². The summed E-state index contributed by atoms with van der Waals surface area (Å²) in [5.41, 5.74) is 7.45. The third-order valence-electron chi connectivity index (χ3n) is 4.59. The van der Waals surface area contributed by atoms with Gasteiger partial charge in [-0.3, -0.25) is 9.59 Å². The standard InChI is InChI=1S/C21H22N2O6S/c1-27-14-8-6-12(10-15(14)28-2)7-9-18(25)29-11-17(24)23-21-19(20(22)26)13-4-3-5-16(13)30-21/h6-10H,3-5,11H2,1-2H3,(H2,22,26)(H,23,24). The highest BCUT2D eigenvalue weighted by atomic mass is 32.1. The van der Waals surface area contributed by atoms with Gasteiger partial charge in [0.15, 0.2) is 18.1 Å². The van der Waals surface area contributed by atoms with E-state index in [1.165, 1.54) is 37.7 Å². The number of amides is 2. The predicted molar refractivity (Wildman–Crippen MR) is 113 cm³/mol. The van der Waals surface area contributed by atoms with Gasteiger partial charge in [0.2, 0.25) is 0 Å². The molecule has 0 radical (unpaired) electrons. The van der Waals surface area contributed by atoms with E-state index < -0.39 is 24.4 Å². The van der Waals surface area contributed by atoms with Crippen molar-refractivity contribution in [3.8, 4) is 11.5 Å². The summed E-state index contributed by atoms with van der Waals surface area (Å²) in [7, 11) is 3.05. The van der Waals surface area contributed by atoms with Crippen LogP contribution in [0.4, 0.5) is 5.00 Å². The first-order valence-corrected chi connectivity index (χ1v) is 10.1. The van der Waals surface area contributed by atoms with Crippen LogP contribution in [0.25, 0.3) is 6.08 Å². The molecule has 8 nitrogen and oxygen atoms in total. The van der Waals surface area contributed by atoms with Gasteiger partial charge in [-0.25, -0.2) is 4.79 Å². The van der Waals surface area contributed by atoms with Crippen molar-refractivity contribution in [2.75, 3.05) is 26.1 Å². The van der Waals surface area contributed by atoms with E-state index in [4.69, 9.17) is 19.9 Å². The van der Waals surface area contributed by atoms with Gasteiger partial charge in [-0.2, -0.15) is 0 Å². The summed E-state index contributed by atoms with van der Waals surface area (Å²) in [6.07, 6.45) is 5.36. The number of benzene rings is 1. The lowest BCUT2D eigenvalue weighted by Crippen LogP contribution is -2.22. The number of rotatable bonds is 8. The smallest absolute Gasteiger partial charge is 0.331 e. The molecule has 3 N–H and O–H groups in total. The van der Waals surface area contributed by atoms with Gasteiger partial charge in [0.05, 0.1) is 19.8 Å². The van der Waals surface area contributed by atoms with Crippen LogP contribution in [0.15, 0.2) is 24.3 Å². The number of primary amides is 1. The molecule has 0 atom stereocenters. The van der Waals surface area contributed by atoms with E-state index in [1.807, 2.05) is 0 Å². The van der Waals surface area contributed by atoms with E-state index in [0.717, 1.165) is 29.7 Å². The minimum absolute atomic E-state index is 0.362. The number of hydrogen-bond donors (Lipinski definition) is 2. The Morgan fingerprint density at radius 2 is 1.93 bits per heavy atom. The quantitative estimate of drug-likeness (QED) is 0.491. The van der Waals surface area contributed by atoms with Crippen molar-refractivity contribution in [3.63, 3.8) is 0 Å². The van der Waals surface area contributed by atoms with E-state index in [9.17, 15) is 14.4 Å². The highest BCUT2D eigenvalue weighted by Crippen LogP contribution is 2.38. The van der Waals surface area contributed by atoms with Gasteiger partial charge in [-0.1, -0.05) is 6.07 Å². The van der Waals surface area contributed by atoms with Crippen molar-refractivity contribution in [3.05, 3.63) is 45.8 Å². The van der Waals surface area contributed by atoms with Gasteiger partial charge < -0.3 is 25.3 Å². The molecule has 0 fully saturated rings. The molecule has 1 aromatic heterocycles. The Morgan fingerprint density at radius 1 is 1.17 bits per heavy atom. The highest BCUT2D eigenvalue weighted by molar-refractivity contribution is 7.17. The largest absolute Gasteiger partial charge is 0.493 e. The SMILES string of the molecule is COc1ccc(C=CC(=O)OCC(=O)Nc2sc3c(c2C(N)=O)CCC3)cc1OC. The number of aryl methyl sites for hydroxylation is 1. The normalized spacial score (nSPS) is 12.5. The molecule has 9 heteroatoms. The van der Waals surface area contributed by atoms with Crippen LogP contribution in [0.2, 0.25) is 0 Å². The summed E-state index contributed by atoms with van der Waals surface area (Å²) in [6.45, 7) is -0.476. The van der Waals surface area contributed by atoms with Gasteiger partial charge >= 0.3 is 5.97 Å². The average molecular weight is 430 g/mol. The fourth-order valence-electron chi connectivity index (χ4n) is 3.22. The summed E-state index contributed by atoms with van der Waals surface area (Å²) < 4.78 is 15.3. The molecule has 0 saturated heterocycles. The molecule has 158 valence electrons. The number of thiophene rings is 1. The van der Waals surface area contributed by atoms with Crippen LogP contribution >= 0.6 is 11.3 Å². The molecular formula is C21H22N2O6S. The maximum atomic E-state index is 12.2. The molecule has 1 aromatic carbocycles. The molecule has 30 heavy (non-hydrogen) atoms. The van der Waals surface area contributed by atoms with Crippen molar-refractivity contribution in [1.29, 1.82) is 0 Å². The molecule has 0 bridgehead atoms. The Bertz CT molecular complexity index is 1010. The number of hydrogen-bond acceptors (Lipinski definition) is 7. The van der Waals surface area contributed by atoms with Crippen molar-refractivity contribution in [2.24, 2.45) is 5.73 Å². The molecule has 1 aliphatic rings. The summed E-state index contributed by atoms with van der Waals surface area (Å²) in [4.78, 5) is 36.9. The summed E-state index contributed by atoms with van der Waals surface area (Å²) in [6, 6.07) is 5.17. The number of nitrogens with one attached hydrogen (secondary N) is 1. The van der Waals surface area contributed by atoms with Crippen molar-refractivity contribution < 1.29 is 28.6 Å². The van der Waals surface area contributed by atoms with Crippen molar-refractivity contribution in [1.82, 2.24) is 0 Å². The number of anilines is 1. The van der Waals surface area contributed by atoms with Gasteiger partial charge in [0.1, 0.15) is 5.00 Å². The average Bonchev–Trinajstić information content (AvgIpc) is 3.30. The number of carbonyl (C=O) groups excluding carboxylic acids is 3. The summed E-state index contributed by atoms with van der Waals surface area (Å²) in [5.74, 6) is -0.683. The van der Waals surface area contributed by atoms with E-state index >= 15 is 0 Å². The molecule has 0 saturated carbocycles. The second-order valence-corrected chi connectivity index (χ2v) is 7.63. The monoisotopic (exact) mass is 430 g/mol. The van der Waals surface area contributed by atoms with E-state index in [0.29, 0.717) is 27.6 Å². The second-order valence-electron chi connectivity index (χ2n) is 6.53. The van der Waals surface area contributed by atoms with Crippen molar-refractivity contribution in [2.45, 2.75) is 19.3 Å². The molecule has 0 spiro atoms. The van der Waals surface area contributed by atoms with Gasteiger partial charge in [0, 0.05) is 11.0 Å². The fraction of sp³-hybridized carbons (Fsp3) is 0.286. The summed E-state index contributed by atoms with van der Waals surface area (Å²) in [5, 5.41) is 3.04. The molecule has 0 aliphatic heterocycles. The van der Waals surface area contributed by atoms with Crippen LogP contribution in [-0.2, 0) is 27.2 Å². The third-order valence-corrected chi connectivity index (χ3v) is 5.79. The Balaban J connectivity index is 1.56. The Labute approximate surface area is 177 Å². The lowest BCUT2D eigenvalue weighted by molar-refractivity contribution is -0.142. The van der Waals surface area contributed by atoms with Gasteiger partial charge in [0.25, 0.3) is 11.8 Å². The van der Waals surface area contributed by atoms with Crippen LogP contribution in [-0.4, -0.2) is 38.6 Å². The van der Waals surface area contributed by atoms with E-state index in [1.54, 1.807) is 18.2 Å². The first kappa shape index (κ1) is 21.4. The minimum atomic E-state index is -0.677. The van der Waals surface area contributed by atoms with Crippen LogP contribution in [0.1, 0.15) is 32.8 Å². The first-order valence-electron chi connectivity index (χ1n) is 9.24. The topological polar surface area (TPSA) is 117 Å². The van der Waals surface area contributed by atoms with Crippen LogP contribution < -0.4 is 20.5 Å². The minimum Gasteiger partial charge on any atom is -0.493 e. The first-order chi connectivity index (χ1) is 14.4. The van der Waals surface area contributed by atoms with E-state index in [-0.39, 0.29) is 0 Å². The lowest BCUT2D eigenvalue weighted by Gasteiger charge is -2.07.